The number of rotatable bonds is 7. The van der Waals surface area contributed by atoms with Crippen LogP contribution in [0.5, 0.6) is 0 Å². The van der Waals surface area contributed by atoms with Crippen molar-refractivity contribution in [3.8, 4) is 0 Å². The van der Waals surface area contributed by atoms with Crippen LogP contribution in [-0.4, -0.2) is 35.3 Å². The van der Waals surface area contributed by atoms with Crippen LogP contribution in [0.1, 0.15) is 26.7 Å². The van der Waals surface area contributed by atoms with Crippen LogP contribution in [0.2, 0.25) is 0 Å². The minimum absolute atomic E-state index is 0.118. The Hall–Kier alpha value is -0.880. The number of aliphatic hydroxyl groups excluding tert-OH is 1. The van der Waals surface area contributed by atoms with E-state index in [1.807, 2.05) is 7.05 Å². The Bertz CT molecular complexity index is 384. The maximum atomic E-state index is 8.87. The third kappa shape index (κ3) is 4.42. The Morgan fingerprint density at radius 3 is 2.61 bits per heavy atom. The molecule has 0 aliphatic carbocycles. The first-order valence-electron chi connectivity index (χ1n) is 6.03. The highest BCUT2D eigenvalue weighted by molar-refractivity contribution is 9.10. The number of anilines is 2. The predicted octanol–water partition coefficient (Wildman–Crippen LogP) is 2.49. The second kappa shape index (κ2) is 6.89. The number of aromatic nitrogens is 2. The van der Waals surface area contributed by atoms with Crippen LogP contribution in [-0.2, 0) is 0 Å². The largest absolute Gasteiger partial charge is 0.396 e. The monoisotopic (exact) mass is 316 g/mol. The molecule has 1 aromatic rings. The number of hydrogen-bond donors (Lipinski definition) is 3. The van der Waals surface area contributed by atoms with Crippen molar-refractivity contribution in [2.45, 2.75) is 26.7 Å². The highest BCUT2D eigenvalue weighted by atomic mass is 79.9. The number of aliphatic hydroxyl groups is 1. The van der Waals surface area contributed by atoms with Crippen LogP contribution < -0.4 is 10.6 Å². The molecule has 1 heterocycles. The molecule has 0 aliphatic rings. The van der Waals surface area contributed by atoms with Gasteiger partial charge in [0, 0.05) is 20.2 Å². The fourth-order valence-corrected chi connectivity index (χ4v) is 2.18. The molecule has 0 amide bonds. The molecular formula is C12H21BrN4O. The van der Waals surface area contributed by atoms with E-state index in [0.717, 1.165) is 35.5 Å². The van der Waals surface area contributed by atoms with Crippen molar-refractivity contribution in [2.24, 2.45) is 5.41 Å². The lowest BCUT2D eigenvalue weighted by Gasteiger charge is -2.25. The SMILES string of the molecule is CNc1ncnc(NCC(C)(C)CCCO)c1Br. The summed E-state index contributed by atoms with van der Waals surface area (Å²) in [7, 11) is 1.82. The lowest BCUT2D eigenvalue weighted by atomic mass is 9.88. The van der Waals surface area contributed by atoms with Gasteiger partial charge in [0.1, 0.15) is 22.4 Å². The fraction of sp³-hybridized carbons (Fsp3) is 0.667. The topological polar surface area (TPSA) is 70.1 Å². The maximum Gasteiger partial charge on any atom is 0.145 e. The van der Waals surface area contributed by atoms with Gasteiger partial charge in [-0.05, 0) is 34.2 Å². The summed E-state index contributed by atoms with van der Waals surface area (Å²) in [5.74, 6) is 1.55. The Labute approximate surface area is 117 Å². The molecule has 0 aliphatic heterocycles. The van der Waals surface area contributed by atoms with Gasteiger partial charge in [-0.3, -0.25) is 0 Å². The summed E-state index contributed by atoms with van der Waals surface area (Å²) in [4.78, 5) is 8.32. The molecule has 0 aromatic carbocycles. The molecule has 0 saturated carbocycles. The van der Waals surface area contributed by atoms with E-state index >= 15 is 0 Å². The molecule has 0 fully saturated rings. The van der Waals surface area contributed by atoms with Crippen LogP contribution in [0.25, 0.3) is 0 Å². The Kier molecular flexibility index (Phi) is 5.81. The smallest absolute Gasteiger partial charge is 0.145 e. The van der Waals surface area contributed by atoms with Gasteiger partial charge in [-0.1, -0.05) is 13.8 Å². The summed E-state index contributed by atoms with van der Waals surface area (Å²) in [5, 5.41) is 15.2. The average molecular weight is 317 g/mol. The third-order valence-corrected chi connectivity index (χ3v) is 3.52. The van der Waals surface area contributed by atoms with Crippen LogP contribution in [0.3, 0.4) is 0 Å². The molecule has 1 aromatic heterocycles. The zero-order chi connectivity index (χ0) is 13.6. The van der Waals surface area contributed by atoms with Crippen LogP contribution >= 0.6 is 15.9 Å². The first-order chi connectivity index (χ1) is 8.50. The number of halogens is 1. The summed E-state index contributed by atoms with van der Waals surface area (Å²) < 4.78 is 0.838. The second-order valence-corrected chi connectivity index (χ2v) is 5.77. The zero-order valence-electron chi connectivity index (χ0n) is 11.1. The van der Waals surface area contributed by atoms with E-state index in [1.54, 1.807) is 0 Å². The summed E-state index contributed by atoms with van der Waals surface area (Å²) >= 11 is 3.47. The summed E-state index contributed by atoms with van der Waals surface area (Å²) in [6.07, 6.45) is 3.32. The van der Waals surface area contributed by atoms with Crippen molar-refractivity contribution < 1.29 is 5.11 Å². The maximum absolute atomic E-state index is 8.87. The normalized spacial score (nSPS) is 11.4. The van der Waals surface area contributed by atoms with Gasteiger partial charge >= 0.3 is 0 Å². The molecule has 0 radical (unpaired) electrons. The molecule has 0 unspecified atom stereocenters. The second-order valence-electron chi connectivity index (χ2n) is 4.98. The van der Waals surface area contributed by atoms with Gasteiger partial charge in [0.15, 0.2) is 0 Å². The third-order valence-electron chi connectivity index (χ3n) is 2.77. The molecule has 0 spiro atoms. The summed E-state index contributed by atoms with van der Waals surface area (Å²) in [6.45, 7) is 5.38. The van der Waals surface area contributed by atoms with Gasteiger partial charge in [0.25, 0.3) is 0 Å². The summed E-state index contributed by atoms with van der Waals surface area (Å²) in [6, 6.07) is 0. The van der Waals surface area contributed by atoms with Gasteiger partial charge in [-0.2, -0.15) is 0 Å². The van der Waals surface area contributed by atoms with Crippen molar-refractivity contribution in [1.29, 1.82) is 0 Å². The summed E-state index contributed by atoms with van der Waals surface area (Å²) in [5.41, 5.74) is 0.118. The lowest BCUT2D eigenvalue weighted by molar-refractivity contribution is 0.248. The molecule has 102 valence electrons. The molecule has 6 heteroatoms. The van der Waals surface area contributed by atoms with Gasteiger partial charge < -0.3 is 15.7 Å². The molecule has 0 atom stereocenters. The van der Waals surface area contributed by atoms with Crippen LogP contribution in [0, 0.1) is 5.41 Å². The minimum atomic E-state index is 0.118. The Morgan fingerprint density at radius 2 is 2.00 bits per heavy atom. The van der Waals surface area contributed by atoms with Gasteiger partial charge in [0.2, 0.25) is 0 Å². The standard InChI is InChI=1S/C12H21BrN4O/c1-12(2,5-4-6-18)7-15-11-9(13)10(14-3)16-8-17-11/h8,18H,4-7H2,1-3H3,(H2,14,15,16,17). The van der Waals surface area contributed by atoms with Crippen molar-refractivity contribution in [3.05, 3.63) is 10.8 Å². The quantitative estimate of drug-likeness (QED) is 0.721. The molecule has 1 rings (SSSR count). The van der Waals surface area contributed by atoms with Crippen molar-refractivity contribution >= 4 is 27.6 Å². The van der Waals surface area contributed by atoms with Crippen molar-refractivity contribution in [1.82, 2.24) is 9.97 Å². The number of nitrogens with zero attached hydrogens (tertiary/aromatic N) is 2. The number of nitrogens with one attached hydrogen (secondary N) is 2. The lowest BCUT2D eigenvalue weighted by Crippen LogP contribution is -2.24. The average Bonchev–Trinajstić information content (AvgIpc) is 2.35. The Balaban J connectivity index is 2.63. The van der Waals surface area contributed by atoms with Crippen molar-refractivity contribution in [3.63, 3.8) is 0 Å². The van der Waals surface area contributed by atoms with E-state index in [9.17, 15) is 0 Å². The van der Waals surface area contributed by atoms with Crippen molar-refractivity contribution in [2.75, 3.05) is 30.8 Å². The van der Waals surface area contributed by atoms with Gasteiger partial charge in [0.05, 0.1) is 0 Å². The predicted molar refractivity (Wildman–Crippen MR) is 77.9 cm³/mol. The highest BCUT2D eigenvalue weighted by Gasteiger charge is 2.18. The van der Waals surface area contributed by atoms with Gasteiger partial charge in [-0.15, -0.1) is 0 Å². The van der Waals surface area contributed by atoms with E-state index in [0.29, 0.717) is 0 Å². The molecule has 18 heavy (non-hydrogen) atoms. The van der Waals surface area contributed by atoms with Crippen LogP contribution in [0.4, 0.5) is 11.6 Å². The fourth-order valence-electron chi connectivity index (χ4n) is 1.64. The van der Waals surface area contributed by atoms with Gasteiger partial charge in [-0.25, -0.2) is 9.97 Å². The van der Waals surface area contributed by atoms with Crippen LogP contribution in [0.15, 0.2) is 10.8 Å². The zero-order valence-corrected chi connectivity index (χ0v) is 12.7. The molecule has 3 N–H and O–H groups in total. The van der Waals surface area contributed by atoms with E-state index in [2.05, 4.69) is 50.4 Å². The highest BCUT2D eigenvalue weighted by Crippen LogP contribution is 2.28. The molecule has 0 bridgehead atoms. The number of hydrogen-bond acceptors (Lipinski definition) is 5. The minimum Gasteiger partial charge on any atom is -0.396 e. The Morgan fingerprint density at radius 1 is 1.33 bits per heavy atom. The first kappa shape index (κ1) is 15.2. The van der Waals surface area contributed by atoms with E-state index in [-0.39, 0.29) is 12.0 Å². The van der Waals surface area contributed by atoms with E-state index < -0.39 is 0 Å². The molecule has 5 nitrogen and oxygen atoms in total. The first-order valence-corrected chi connectivity index (χ1v) is 6.82. The molecule has 0 saturated heterocycles. The molecular weight excluding hydrogens is 296 g/mol. The van der Waals surface area contributed by atoms with E-state index in [1.165, 1.54) is 6.33 Å². The van der Waals surface area contributed by atoms with E-state index in [4.69, 9.17) is 5.11 Å².